The minimum atomic E-state index is -1.18. The third kappa shape index (κ3) is 2.26. The molecule has 1 saturated heterocycles. The van der Waals surface area contributed by atoms with E-state index in [0.29, 0.717) is 10.7 Å². The zero-order valence-corrected chi connectivity index (χ0v) is 10.0. The fraction of sp³-hybridized carbons (Fsp3) is 0.333. The molecule has 0 bridgehead atoms. The maximum Gasteiger partial charge on any atom is 0.227 e. The Kier molecular flexibility index (Phi) is 3.07. The number of aliphatic carboxylic acids is 1. The first kappa shape index (κ1) is 11.9. The number of nitrogens with zero attached hydrogens (tertiary/aromatic N) is 1. The van der Waals surface area contributed by atoms with Gasteiger partial charge in [0.2, 0.25) is 5.91 Å². The molecule has 2 rings (SSSR count). The van der Waals surface area contributed by atoms with Gasteiger partial charge in [-0.15, -0.1) is 0 Å². The summed E-state index contributed by atoms with van der Waals surface area (Å²) in [6, 6.07) is 5.24. The quantitative estimate of drug-likeness (QED) is 0.780. The number of halogens is 1. The van der Waals surface area contributed by atoms with Gasteiger partial charge in [-0.3, -0.25) is 4.79 Å². The van der Waals surface area contributed by atoms with Crippen molar-refractivity contribution in [1.29, 1.82) is 0 Å². The highest BCUT2D eigenvalue weighted by molar-refractivity contribution is 6.31. The SMILES string of the molecule is Cc1ccc(N2CC(C(=O)[O-])CC2=O)cc1Cl. The molecule has 0 spiro atoms. The Balaban J connectivity index is 2.26. The monoisotopic (exact) mass is 252 g/mol. The lowest BCUT2D eigenvalue weighted by molar-refractivity contribution is -0.310. The van der Waals surface area contributed by atoms with Crippen LogP contribution in [0.1, 0.15) is 12.0 Å². The van der Waals surface area contributed by atoms with Crippen LogP contribution in [-0.4, -0.2) is 18.4 Å². The van der Waals surface area contributed by atoms with Crippen LogP contribution in [0, 0.1) is 12.8 Å². The van der Waals surface area contributed by atoms with Crippen molar-refractivity contribution >= 4 is 29.2 Å². The number of aryl methyl sites for hydroxylation is 1. The van der Waals surface area contributed by atoms with E-state index in [9.17, 15) is 14.7 Å². The first-order valence-electron chi connectivity index (χ1n) is 5.26. The number of amides is 1. The summed E-state index contributed by atoms with van der Waals surface area (Å²) in [6.07, 6.45) is -0.00612. The highest BCUT2D eigenvalue weighted by Gasteiger charge is 2.31. The maximum absolute atomic E-state index is 11.7. The van der Waals surface area contributed by atoms with Crippen LogP contribution in [0.2, 0.25) is 5.02 Å². The number of carboxylic acid groups (broad SMARTS) is 1. The number of anilines is 1. The van der Waals surface area contributed by atoms with Gasteiger partial charge in [0.05, 0.1) is 0 Å². The van der Waals surface area contributed by atoms with E-state index in [1.165, 1.54) is 4.90 Å². The van der Waals surface area contributed by atoms with Gasteiger partial charge in [-0.2, -0.15) is 0 Å². The first-order chi connectivity index (χ1) is 7.99. The van der Waals surface area contributed by atoms with Crippen molar-refractivity contribution in [3.8, 4) is 0 Å². The topological polar surface area (TPSA) is 60.4 Å². The van der Waals surface area contributed by atoms with Gasteiger partial charge in [0, 0.05) is 35.6 Å². The molecule has 1 fully saturated rings. The van der Waals surface area contributed by atoms with E-state index >= 15 is 0 Å². The smallest absolute Gasteiger partial charge is 0.227 e. The zero-order chi connectivity index (χ0) is 12.6. The molecule has 0 aromatic heterocycles. The number of hydrogen-bond donors (Lipinski definition) is 0. The molecule has 1 atom stereocenters. The predicted molar refractivity (Wildman–Crippen MR) is 61.7 cm³/mol. The summed E-state index contributed by atoms with van der Waals surface area (Å²) in [7, 11) is 0. The van der Waals surface area contributed by atoms with Crippen LogP contribution >= 0.6 is 11.6 Å². The summed E-state index contributed by atoms with van der Waals surface area (Å²) in [5, 5.41) is 11.3. The van der Waals surface area contributed by atoms with Crippen LogP contribution < -0.4 is 10.0 Å². The van der Waals surface area contributed by atoms with E-state index in [-0.39, 0.29) is 18.9 Å². The van der Waals surface area contributed by atoms with Crippen molar-refractivity contribution in [3.05, 3.63) is 28.8 Å². The Hall–Kier alpha value is -1.55. The van der Waals surface area contributed by atoms with E-state index in [4.69, 9.17) is 11.6 Å². The standard InChI is InChI=1S/C12H12ClNO3/c1-7-2-3-9(5-10(7)13)14-6-8(12(16)17)4-11(14)15/h2-3,5,8H,4,6H2,1H3,(H,16,17)/p-1. The summed E-state index contributed by atoms with van der Waals surface area (Å²) in [5.74, 6) is -2.12. The second-order valence-corrected chi connectivity index (χ2v) is 4.57. The van der Waals surface area contributed by atoms with Crippen molar-refractivity contribution in [2.24, 2.45) is 5.92 Å². The van der Waals surface area contributed by atoms with Crippen molar-refractivity contribution in [2.45, 2.75) is 13.3 Å². The number of carbonyl (C=O) groups is 2. The third-order valence-corrected chi connectivity index (χ3v) is 3.33. The first-order valence-corrected chi connectivity index (χ1v) is 5.64. The Labute approximate surface area is 104 Å². The summed E-state index contributed by atoms with van der Waals surface area (Å²) in [4.78, 5) is 23.8. The summed E-state index contributed by atoms with van der Waals surface area (Å²) in [5.41, 5.74) is 1.55. The summed E-state index contributed by atoms with van der Waals surface area (Å²) < 4.78 is 0. The van der Waals surface area contributed by atoms with Crippen LogP contribution in [0.4, 0.5) is 5.69 Å². The Bertz CT molecular complexity index is 487. The third-order valence-electron chi connectivity index (χ3n) is 2.93. The van der Waals surface area contributed by atoms with E-state index in [0.717, 1.165) is 5.56 Å². The molecule has 5 heteroatoms. The van der Waals surface area contributed by atoms with E-state index in [1.807, 2.05) is 6.92 Å². The van der Waals surface area contributed by atoms with Crippen LogP contribution in [0.15, 0.2) is 18.2 Å². The Morgan fingerprint density at radius 1 is 1.53 bits per heavy atom. The predicted octanol–water partition coefficient (Wildman–Crippen LogP) is 0.751. The van der Waals surface area contributed by atoms with Crippen LogP contribution in [-0.2, 0) is 9.59 Å². The van der Waals surface area contributed by atoms with E-state index in [1.54, 1.807) is 18.2 Å². The normalized spacial score (nSPS) is 19.8. The number of rotatable bonds is 2. The molecule has 1 aromatic rings. The van der Waals surface area contributed by atoms with Gasteiger partial charge < -0.3 is 14.8 Å². The lowest BCUT2D eigenvalue weighted by Gasteiger charge is -2.17. The highest BCUT2D eigenvalue weighted by atomic mass is 35.5. The molecule has 0 saturated carbocycles. The maximum atomic E-state index is 11.7. The second-order valence-electron chi connectivity index (χ2n) is 4.16. The van der Waals surface area contributed by atoms with Gasteiger partial charge in [0.15, 0.2) is 0 Å². The minimum Gasteiger partial charge on any atom is -0.550 e. The molecule has 1 unspecified atom stereocenters. The molecule has 1 amide bonds. The molecule has 0 radical (unpaired) electrons. The molecule has 1 aromatic carbocycles. The molecule has 0 N–H and O–H groups in total. The minimum absolute atomic E-state index is 0.00612. The average molecular weight is 253 g/mol. The molecule has 1 aliphatic heterocycles. The molecule has 90 valence electrons. The summed E-state index contributed by atoms with van der Waals surface area (Å²) in [6.45, 7) is 2.02. The Morgan fingerprint density at radius 2 is 2.24 bits per heavy atom. The van der Waals surface area contributed by atoms with Gasteiger partial charge >= 0.3 is 0 Å². The van der Waals surface area contributed by atoms with Gasteiger partial charge in [-0.1, -0.05) is 17.7 Å². The van der Waals surface area contributed by atoms with Crippen LogP contribution in [0.3, 0.4) is 0 Å². The summed E-state index contributed by atoms with van der Waals surface area (Å²) >= 11 is 5.97. The molecule has 4 nitrogen and oxygen atoms in total. The van der Waals surface area contributed by atoms with Crippen LogP contribution in [0.25, 0.3) is 0 Å². The van der Waals surface area contributed by atoms with Crippen molar-refractivity contribution in [1.82, 2.24) is 0 Å². The largest absolute Gasteiger partial charge is 0.550 e. The number of carboxylic acids is 1. The van der Waals surface area contributed by atoms with Crippen LogP contribution in [0.5, 0.6) is 0 Å². The highest BCUT2D eigenvalue weighted by Crippen LogP contribution is 2.28. The average Bonchev–Trinajstić information content (AvgIpc) is 2.65. The fourth-order valence-corrected chi connectivity index (χ4v) is 2.04. The van der Waals surface area contributed by atoms with Crippen molar-refractivity contribution < 1.29 is 14.7 Å². The number of benzene rings is 1. The Morgan fingerprint density at radius 3 is 2.76 bits per heavy atom. The van der Waals surface area contributed by atoms with Gasteiger partial charge in [0.1, 0.15) is 0 Å². The molecule has 17 heavy (non-hydrogen) atoms. The van der Waals surface area contributed by atoms with Gasteiger partial charge in [0.25, 0.3) is 0 Å². The lowest BCUT2D eigenvalue weighted by atomic mass is 10.1. The van der Waals surface area contributed by atoms with E-state index < -0.39 is 11.9 Å². The second kappa shape index (κ2) is 4.37. The molecular weight excluding hydrogens is 242 g/mol. The molecule has 1 aliphatic rings. The van der Waals surface area contributed by atoms with Crippen molar-refractivity contribution in [3.63, 3.8) is 0 Å². The molecular formula is C12H11ClNO3-. The van der Waals surface area contributed by atoms with Gasteiger partial charge in [-0.05, 0) is 24.6 Å². The lowest BCUT2D eigenvalue weighted by Crippen LogP contribution is -2.33. The van der Waals surface area contributed by atoms with Gasteiger partial charge in [-0.25, -0.2) is 0 Å². The number of hydrogen-bond acceptors (Lipinski definition) is 3. The zero-order valence-electron chi connectivity index (χ0n) is 9.27. The molecule has 0 aliphatic carbocycles. The van der Waals surface area contributed by atoms with Crippen molar-refractivity contribution in [2.75, 3.05) is 11.4 Å². The fourth-order valence-electron chi connectivity index (χ4n) is 1.86. The number of carbonyl (C=O) groups excluding carboxylic acids is 2. The van der Waals surface area contributed by atoms with E-state index in [2.05, 4.69) is 0 Å². The molecule has 1 heterocycles.